The van der Waals surface area contributed by atoms with E-state index in [-0.39, 0.29) is 12.6 Å². The fraction of sp³-hybridized carbons (Fsp3) is 0.900. The molecule has 0 rings (SSSR count). The first kappa shape index (κ1) is 13.4. The number of likely N-dealkylation sites (N-methyl/N-ethyl adjacent to an activating group) is 1. The number of aliphatic hydroxyl groups excluding tert-OH is 1. The second-order valence-electron chi connectivity index (χ2n) is 3.32. The van der Waals surface area contributed by atoms with E-state index in [0.29, 0.717) is 19.0 Å². The second-order valence-corrected chi connectivity index (χ2v) is 3.32. The molecule has 1 unspecified atom stereocenters. The maximum absolute atomic E-state index is 10.9. The van der Waals surface area contributed by atoms with Crippen molar-refractivity contribution in [2.45, 2.75) is 32.7 Å². The molecule has 0 saturated carbocycles. The van der Waals surface area contributed by atoms with Crippen molar-refractivity contribution in [2.75, 3.05) is 26.8 Å². The molecule has 0 aromatic rings. The van der Waals surface area contributed by atoms with E-state index in [2.05, 4.69) is 16.6 Å². The van der Waals surface area contributed by atoms with Crippen molar-refractivity contribution in [1.82, 2.24) is 4.90 Å². The number of hydrogen-bond donors (Lipinski definition) is 1. The average molecular weight is 203 g/mol. The highest BCUT2D eigenvalue weighted by Gasteiger charge is 2.12. The van der Waals surface area contributed by atoms with Crippen LogP contribution in [0.1, 0.15) is 26.7 Å². The number of nitrogens with zero attached hydrogens (tertiary/aromatic N) is 1. The largest absolute Gasteiger partial charge is 0.469 e. The third-order valence-corrected chi connectivity index (χ3v) is 2.41. The van der Waals surface area contributed by atoms with Crippen LogP contribution in [-0.2, 0) is 9.53 Å². The quantitative estimate of drug-likeness (QED) is 0.617. The lowest BCUT2D eigenvalue weighted by molar-refractivity contribution is -0.141. The van der Waals surface area contributed by atoms with Crippen molar-refractivity contribution >= 4 is 5.97 Å². The van der Waals surface area contributed by atoms with E-state index < -0.39 is 0 Å². The number of methoxy groups -OCH3 is 1. The summed E-state index contributed by atoms with van der Waals surface area (Å²) < 4.78 is 4.57. The first-order valence-electron chi connectivity index (χ1n) is 5.07. The number of aliphatic hydroxyl groups is 1. The number of carbonyl (C=O) groups excluding carboxylic acids is 1. The summed E-state index contributed by atoms with van der Waals surface area (Å²) in [5, 5.41) is 8.81. The minimum atomic E-state index is -0.170. The summed E-state index contributed by atoms with van der Waals surface area (Å²) in [6.45, 7) is 5.82. The molecule has 0 aliphatic rings. The van der Waals surface area contributed by atoms with Gasteiger partial charge in [0, 0.05) is 19.0 Å². The van der Waals surface area contributed by atoms with Crippen LogP contribution in [0, 0.1) is 0 Å². The van der Waals surface area contributed by atoms with Gasteiger partial charge >= 0.3 is 5.97 Å². The lowest BCUT2D eigenvalue weighted by Crippen LogP contribution is -2.35. The molecule has 0 radical (unpaired) electrons. The van der Waals surface area contributed by atoms with E-state index >= 15 is 0 Å². The molecule has 0 amide bonds. The SMILES string of the molecule is CCN(CCO)C(C)CCC(=O)OC. The lowest BCUT2D eigenvalue weighted by atomic mass is 10.1. The third kappa shape index (κ3) is 5.19. The zero-order valence-electron chi connectivity index (χ0n) is 9.32. The molecule has 84 valence electrons. The predicted molar refractivity (Wildman–Crippen MR) is 55.0 cm³/mol. The normalized spacial score (nSPS) is 12.9. The van der Waals surface area contributed by atoms with Gasteiger partial charge in [-0.25, -0.2) is 0 Å². The standard InChI is InChI=1S/C10H21NO3/c1-4-11(7-8-12)9(2)5-6-10(13)14-3/h9,12H,4-8H2,1-3H3. The van der Waals surface area contributed by atoms with E-state index in [1.807, 2.05) is 6.92 Å². The maximum Gasteiger partial charge on any atom is 0.305 e. The highest BCUT2D eigenvalue weighted by Crippen LogP contribution is 2.06. The van der Waals surface area contributed by atoms with E-state index in [1.165, 1.54) is 7.11 Å². The highest BCUT2D eigenvalue weighted by molar-refractivity contribution is 5.69. The molecule has 1 atom stereocenters. The zero-order chi connectivity index (χ0) is 11.0. The summed E-state index contributed by atoms with van der Waals surface area (Å²) >= 11 is 0. The molecular formula is C10H21NO3. The summed E-state index contributed by atoms with van der Waals surface area (Å²) in [6.07, 6.45) is 1.22. The molecule has 0 saturated heterocycles. The number of carbonyl (C=O) groups is 1. The van der Waals surface area contributed by atoms with E-state index in [0.717, 1.165) is 13.0 Å². The zero-order valence-corrected chi connectivity index (χ0v) is 9.32. The molecule has 0 fully saturated rings. The van der Waals surface area contributed by atoms with Crippen molar-refractivity contribution in [2.24, 2.45) is 0 Å². The summed E-state index contributed by atoms with van der Waals surface area (Å²) in [7, 11) is 1.40. The Morgan fingerprint density at radius 1 is 1.57 bits per heavy atom. The van der Waals surface area contributed by atoms with Gasteiger partial charge in [-0.15, -0.1) is 0 Å². The van der Waals surface area contributed by atoms with Crippen LogP contribution >= 0.6 is 0 Å². The van der Waals surface area contributed by atoms with Gasteiger partial charge in [0.25, 0.3) is 0 Å². The molecular weight excluding hydrogens is 182 g/mol. The Morgan fingerprint density at radius 2 is 2.21 bits per heavy atom. The van der Waals surface area contributed by atoms with Crippen LogP contribution in [0.2, 0.25) is 0 Å². The van der Waals surface area contributed by atoms with Gasteiger partial charge < -0.3 is 9.84 Å². The second kappa shape index (κ2) is 7.76. The van der Waals surface area contributed by atoms with Crippen molar-refractivity contribution in [3.8, 4) is 0 Å². The van der Waals surface area contributed by atoms with Crippen LogP contribution < -0.4 is 0 Å². The summed E-state index contributed by atoms with van der Waals surface area (Å²) in [6, 6.07) is 0.311. The first-order chi connectivity index (χ1) is 6.65. The van der Waals surface area contributed by atoms with Gasteiger partial charge in [0.05, 0.1) is 13.7 Å². The van der Waals surface area contributed by atoms with Gasteiger partial charge in [0.15, 0.2) is 0 Å². The topological polar surface area (TPSA) is 49.8 Å². The van der Waals surface area contributed by atoms with Gasteiger partial charge in [-0.1, -0.05) is 6.92 Å². The van der Waals surface area contributed by atoms with Crippen LogP contribution in [0.25, 0.3) is 0 Å². The first-order valence-corrected chi connectivity index (χ1v) is 5.07. The maximum atomic E-state index is 10.9. The molecule has 0 aliphatic carbocycles. The molecule has 4 heteroatoms. The summed E-state index contributed by atoms with van der Waals surface area (Å²) in [4.78, 5) is 13.0. The minimum absolute atomic E-state index is 0.163. The van der Waals surface area contributed by atoms with E-state index in [1.54, 1.807) is 0 Å². The molecule has 0 bridgehead atoms. The average Bonchev–Trinajstić information content (AvgIpc) is 2.21. The third-order valence-electron chi connectivity index (χ3n) is 2.41. The Kier molecular flexibility index (Phi) is 7.42. The van der Waals surface area contributed by atoms with Gasteiger partial charge in [-0.3, -0.25) is 9.69 Å². The van der Waals surface area contributed by atoms with Crippen LogP contribution in [0.3, 0.4) is 0 Å². The molecule has 14 heavy (non-hydrogen) atoms. The number of hydrogen-bond acceptors (Lipinski definition) is 4. The molecule has 0 aromatic heterocycles. The van der Waals surface area contributed by atoms with Crippen LogP contribution in [0.4, 0.5) is 0 Å². The highest BCUT2D eigenvalue weighted by atomic mass is 16.5. The van der Waals surface area contributed by atoms with Gasteiger partial charge in [-0.2, -0.15) is 0 Å². The Morgan fingerprint density at radius 3 is 2.64 bits per heavy atom. The van der Waals surface area contributed by atoms with Crippen LogP contribution in [-0.4, -0.2) is 48.8 Å². The predicted octanol–water partition coefficient (Wildman–Crippen LogP) is 0.642. The Hall–Kier alpha value is -0.610. The van der Waals surface area contributed by atoms with Crippen LogP contribution in [0.5, 0.6) is 0 Å². The van der Waals surface area contributed by atoms with E-state index in [9.17, 15) is 4.79 Å². The van der Waals surface area contributed by atoms with Crippen LogP contribution in [0.15, 0.2) is 0 Å². The van der Waals surface area contributed by atoms with Gasteiger partial charge in [-0.05, 0) is 19.9 Å². The lowest BCUT2D eigenvalue weighted by Gasteiger charge is -2.26. The molecule has 0 heterocycles. The number of esters is 1. The molecule has 0 spiro atoms. The minimum Gasteiger partial charge on any atom is -0.469 e. The number of rotatable bonds is 7. The fourth-order valence-corrected chi connectivity index (χ4v) is 1.43. The summed E-state index contributed by atoms with van der Waals surface area (Å²) in [5.41, 5.74) is 0. The summed E-state index contributed by atoms with van der Waals surface area (Å²) in [5.74, 6) is -0.170. The van der Waals surface area contributed by atoms with Crippen molar-refractivity contribution in [3.05, 3.63) is 0 Å². The molecule has 1 N–H and O–H groups in total. The Balaban J connectivity index is 3.79. The fourth-order valence-electron chi connectivity index (χ4n) is 1.43. The van der Waals surface area contributed by atoms with Crippen molar-refractivity contribution < 1.29 is 14.6 Å². The van der Waals surface area contributed by atoms with E-state index in [4.69, 9.17) is 5.11 Å². The van der Waals surface area contributed by atoms with Gasteiger partial charge in [0.1, 0.15) is 0 Å². The smallest absolute Gasteiger partial charge is 0.305 e. The van der Waals surface area contributed by atoms with Crippen molar-refractivity contribution in [1.29, 1.82) is 0 Å². The molecule has 0 aliphatic heterocycles. The Bertz CT molecular complexity index is 161. The monoisotopic (exact) mass is 203 g/mol. The Labute approximate surface area is 85.9 Å². The molecule has 0 aromatic carbocycles. The number of ether oxygens (including phenoxy) is 1. The molecule has 4 nitrogen and oxygen atoms in total. The van der Waals surface area contributed by atoms with Gasteiger partial charge in [0.2, 0.25) is 0 Å². The van der Waals surface area contributed by atoms with Crippen molar-refractivity contribution in [3.63, 3.8) is 0 Å².